The average Bonchev–Trinajstić information content (AvgIpc) is 2.59. The summed E-state index contributed by atoms with van der Waals surface area (Å²) in [6.07, 6.45) is 3.42. The van der Waals surface area contributed by atoms with Crippen LogP contribution in [0.2, 0.25) is 0 Å². The number of aryl methyl sites for hydroxylation is 1. The molecule has 0 unspecified atom stereocenters. The Morgan fingerprint density at radius 2 is 1.88 bits per heavy atom. The average molecular weight is 385 g/mol. The minimum atomic E-state index is -5.72. The molecule has 2 aromatic rings. The number of halogens is 3. The van der Waals surface area contributed by atoms with E-state index in [1.54, 1.807) is 6.07 Å². The first kappa shape index (κ1) is 18.2. The zero-order chi connectivity index (χ0) is 18.8. The first-order valence-electron chi connectivity index (χ1n) is 7.63. The Labute approximate surface area is 148 Å². The van der Waals surface area contributed by atoms with Gasteiger partial charge >= 0.3 is 15.6 Å². The van der Waals surface area contributed by atoms with Crippen LogP contribution in [0.4, 0.5) is 13.2 Å². The standard InChI is InChI=1S/C17H14F3NO4S/c18-17(19,20)26(22,23)25-15-8-4-7-13-9-16(21-10-14(13)15)24-11-12-5-2-1-3-6-12/h1-3,5-6,8-10H,4,7,11H2. The quantitative estimate of drug-likeness (QED) is 0.578. The summed E-state index contributed by atoms with van der Waals surface area (Å²) in [6, 6.07) is 11.0. The van der Waals surface area contributed by atoms with E-state index in [0.717, 1.165) is 5.56 Å². The van der Waals surface area contributed by atoms with Gasteiger partial charge in [-0.05, 0) is 30.0 Å². The molecule has 0 spiro atoms. The van der Waals surface area contributed by atoms with Crippen molar-refractivity contribution in [2.24, 2.45) is 0 Å². The van der Waals surface area contributed by atoms with Gasteiger partial charge in [-0.15, -0.1) is 0 Å². The molecule has 3 rings (SSSR count). The second kappa shape index (κ2) is 6.99. The van der Waals surface area contributed by atoms with E-state index in [2.05, 4.69) is 9.17 Å². The summed E-state index contributed by atoms with van der Waals surface area (Å²) < 4.78 is 69.8. The maximum Gasteiger partial charge on any atom is 0.534 e. The fraction of sp³-hybridized carbons (Fsp3) is 0.235. The van der Waals surface area contributed by atoms with Crippen LogP contribution in [0.1, 0.15) is 23.1 Å². The van der Waals surface area contributed by atoms with Gasteiger partial charge in [0.25, 0.3) is 0 Å². The van der Waals surface area contributed by atoms with Crippen LogP contribution in [0.15, 0.2) is 48.7 Å². The number of hydrogen-bond donors (Lipinski definition) is 0. The Hall–Kier alpha value is -2.55. The molecule has 0 saturated heterocycles. The van der Waals surface area contributed by atoms with E-state index < -0.39 is 15.6 Å². The van der Waals surface area contributed by atoms with Crippen molar-refractivity contribution in [1.29, 1.82) is 0 Å². The fourth-order valence-corrected chi connectivity index (χ4v) is 2.92. The molecule has 0 amide bonds. The molecular weight excluding hydrogens is 371 g/mol. The van der Waals surface area contributed by atoms with Crippen LogP contribution in [0.5, 0.6) is 5.88 Å². The third-order valence-corrected chi connectivity index (χ3v) is 4.65. The van der Waals surface area contributed by atoms with Crippen molar-refractivity contribution in [2.75, 3.05) is 0 Å². The summed E-state index contributed by atoms with van der Waals surface area (Å²) in [5.41, 5.74) is -3.74. The zero-order valence-corrected chi connectivity index (χ0v) is 14.2. The van der Waals surface area contributed by atoms with Gasteiger partial charge in [0.15, 0.2) is 0 Å². The van der Waals surface area contributed by atoms with Crippen LogP contribution in [-0.2, 0) is 27.3 Å². The fourth-order valence-electron chi connectivity index (χ4n) is 2.43. The molecule has 0 N–H and O–H groups in total. The van der Waals surface area contributed by atoms with Crippen molar-refractivity contribution in [3.8, 4) is 5.88 Å². The topological polar surface area (TPSA) is 65.5 Å². The molecule has 5 nitrogen and oxygen atoms in total. The molecule has 0 bridgehead atoms. The predicted molar refractivity (Wildman–Crippen MR) is 87.4 cm³/mol. The summed E-state index contributed by atoms with van der Waals surface area (Å²) in [6.45, 7) is 0.286. The number of allylic oxidation sites excluding steroid dienone is 1. The SMILES string of the molecule is O=S(=O)(OC1=CCCc2cc(OCc3ccccc3)ncc21)C(F)(F)F. The number of ether oxygens (including phenoxy) is 1. The molecule has 1 aromatic heterocycles. The minimum absolute atomic E-state index is 0.205. The lowest BCUT2D eigenvalue weighted by molar-refractivity contribution is -0.0509. The third-order valence-electron chi connectivity index (χ3n) is 3.69. The predicted octanol–water partition coefficient (Wildman–Crippen LogP) is 3.81. The lowest BCUT2D eigenvalue weighted by Gasteiger charge is -2.19. The Morgan fingerprint density at radius 3 is 2.58 bits per heavy atom. The van der Waals surface area contributed by atoms with Crippen LogP contribution in [0, 0.1) is 0 Å². The molecule has 0 saturated carbocycles. The minimum Gasteiger partial charge on any atom is -0.473 e. The molecule has 0 radical (unpaired) electrons. The maximum absolute atomic E-state index is 12.5. The van der Waals surface area contributed by atoms with Crippen LogP contribution in [-0.4, -0.2) is 18.9 Å². The summed E-state index contributed by atoms with van der Waals surface area (Å²) in [5.74, 6) is -0.0711. The lowest BCUT2D eigenvalue weighted by atomic mass is 9.98. The number of pyridine rings is 1. The first-order valence-corrected chi connectivity index (χ1v) is 9.04. The van der Waals surface area contributed by atoms with Crippen molar-refractivity contribution in [3.05, 3.63) is 65.4 Å². The Morgan fingerprint density at radius 1 is 1.15 bits per heavy atom. The van der Waals surface area contributed by atoms with E-state index in [1.165, 1.54) is 12.3 Å². The number of aromatic nitrogens is 1. The van der Waals surface area contributed by atoms with Gasteiger partial charge in [0.2, 0.25) is 5.88 Å². The molecule has 1 aromatic carbocycles. The first-order chi connectivity index (χ1) is 12.3. The number of benzene rings is 1. The Balaban J connectivity index is 1.77. The molecule has 1 heterocycles. The van der Waals surface area contributed by atoms with Gasteiger partial charge in [-0.3, -0.25) is 0 Å². The van der Waals surface area contributed by atoms with Gasteiger partial charge in [0.05, 0.1) is 0 Å². The normalized spacial score (nSPS) is 14.3. The number of hydrogen-bond acceptors (Lipinski definition) is 5. The van der Waals surface area contributed by atoms with Crippen molar-refractivity contribution in [3.63, 3.8) is 0 Å². The highest BCUT2D eigenvalue weighted by molar-refractivity contribution is 7.87. The van der Waals surface area contributed by atoms with Crippen molar-refractivity contribution in [1.82, 2.24) is 4.98 Å². The number of alkyl halides is 3. The van der Waals surface area contributed by atoms with Gasteiger partial charge in [-0.25, -0.2) is 4.98 Å². The van der Waals surface area contributed by atoms with E-state index >= 15 is 0 Å². The van der Waals surface area contributed by atoms with Gasteiger partial charge in [-0.2, -0.15) is 21.6 Å². The second-order valence-electron chi connectivity index (χ2n) is 5.54. The number of nitrogens with zero attached hydrogens (tertiary/aromatic N) is 1. The summed E-state index contributed by atoms with van der Waals surface area (Å²) in [7, 11) is -5.72. The molecule has 0 fully saturated rings. The molecule has 0 aliphatic heterocycles. The highest BCUT2D eigenvalue weighted by atomic mass is 32.2. The zero-order valence-electron chi connectivity index (χ0n) is 13.4. The van der Waals surface area contributed by atoms with E-state index in [4.69, 9.17) is 4.74 Å². The van der Waals surface area contributed by atoms with Gasteiger partial charge in [0, 0.05) is 17.8 Å². The summed E-state index contributed by atoms with van der Waals surface area (Å²) in [4.78, 5) is 4.03. The molecule has 9 heteroatoms. The monoisotopic (exact) mass is 385 g/mol. The molecule has 0 atom stereocenters. The summed E-state index contributed by atoms with van der Waals surface area (Å²) >= 11 is 0. The van der Waals surface area contributed by atoms with E-state index in [1.807, 2.05) is 30.3 Å². The third kappa shape index (κ3) is 3.98. The number of fused-ring (bicyclic) bond motifs is 1. The van der Waals surface area contributed by atoms with Crippen LogP contribution in [0.25, 0.3) is 5.76 Å². The lowest BCUT2D eigenvalue weighted by Crippen LogP contribution is -2.25. The number of rotatable bonds is 5. The highest BCUT2D eigenvalue weighted by Crippen LogP contribution is 2.34. The molecule has 138 valence electrons. The molecule has 1 aliphatic rings. The van der Waals surface area contributed by atoms with Crippen molar-refractivity contribution < 1.29 is 30.5 Å². The molecular formula is C17H14F3NO4S. The van der Waals surface area contributed by atoms with Gasteiger partial charge in [0.1, 0.15) is 12.4 Å². The van der Waals surface area contributed by atoms with Crippen molar-refractivity contribution in [2.45, 2.75) is 25.0 Å². The Bertz CT molecular complexity index is 925. The van der Waals surface area contributed by atoms with Crippen LogP contribution >= 0.6 is 0 Å². The molecule has 26 heavy (non-hydrogen) atoms. The largest absolute Gasteiger partial charge is 0.534 e. The highest BCUT2D eigenvalue weighted by Gasteiger charge is 2.49. The van der Waals surface area contributed by atoms with E-state index in [9.17, 15) is 21.6 Å². The van der Waals surface area contributed by atoms with Crippen LogP contribution < -0.4 is 4.74 Å². The second-order valence-corrected chi connectivity index (χ2v) is 7.08. The smallest absolute Gasteiger partial charge is 0.473 e. The maximum atomic E-state index is 12.5. The van der Waals surface area contributed by atoms with E-state index in [-0.39, 0.29) is 17.9 Å². The van der Waals surface area contributed by atoms with Gasteiger partial charge in [-0.1, -0.05) is 30.3 Å². The molecule has 1 aliphatic carbocycles. The van der Waals surface area contributed by atoms with Crippen LogP contribution in [0.3, 0.4) is 0 Å². The van der Waals surface area contributed by atoms with E-state index in [0.29, 0.717) is 24.3 Å². The van der Waals surface area contributed by atoms with Gasteiger partial charge < -0.3 is 8.92 Å². The summed E-state index contributed by atoms with van der Waals surface area (Å²) in [5, 5.41) is 0. The van der Waals surface area contributed by atoms with Crippen molar-refractivity contribution >= 4 is 15.9 Å². The Kier molecular flexibility index (Phi) is 4.90.